The first-order valence-electron chi connectivity index (χ1n) is 6.73. The lowest BCUT2D eigenvalue weighted by atomic mass is 10.0. The summed E-state index contributed by atoms with van der Waals surface area (Å²) in [6.07, 6.45) is 0. The van der Waals surface area contributed by atoms with Gasteiger partial charge in [-0.2, -0.15) is 0 Å². The lowest BCUT2D eigenvalue weighted by Gasteiger charge is -2.07. The Balaban J connectivity index is 0.000000497. The van der Waals surface area contributed by atoms with E-state index in [0.717, 1.165) is 5.02 Å². The number of thiophene rings is 1. The van der Waals surface area contributed by atoms with E-state index in [1.165, 1.54) is 25.7 Å². The molecule has 3 aromatic rings. The second kappa shape index (κ2) is 7.23. The molecule has 2 aromatic carbocycles. The number of rotatable bonds is 2. The number of fused-ring (bicyclic) bond motifs is 3. The average molecular weight is 323 g/mol. The first-order valence-corrected chi connectivity index (χ1v) is 7.92. The molecule has 21 heavy (non-hydrogen) atoms. The fraction of sp³-hybridized carbons (Fsp3) is 0.294. The quantitative estimate of drug-likeness (QED) is 0.714. The van der Waals surface area contributed by atoms with Crippen LogP contribution in [0.15, 0.2) is 36.4 Å². The maximum Gasteiger partial charge on any atom is 0.0497 e. The van der Waals surface area contributed by atoms with Gasteiger partial charge in [0.2, 0.25) is 0 Å². The van der Waals surface area contributed by atoms with Crippen LogP contribution in [-0.2, 0) is 4.74 Å². The van der Waals surface area contributed by atoms with Crippen LogP contribution in [0.4, 0.5) is 0 Å². The van der Waals surface area contributed by atoms with E-state index >= 15 is 0 Å². The molecule has 2 nitrogen and oxygen atoms in total. The van der Waals surface area contributed by atoms with Crippen LogP contribution < -0.4 is 0 Å². The zero-order valence-corrected chi connectivity index (χ0v) is 14.0. The number of ether oxygens (including phenoxy) is 1. The predicted octanol–water partition coefficient (Wildman–Crippen LogP) is 5.07. The monoisotopic (exact) mass is 322 g/mol. The van der Waals surface area contributed by atoms with E-state index in [9.17, 15) is 5.11 Å². The summed E-state index contributed by atoms with van der Waals surface area (Å²) >= 11 is 7.82. The minimum atomic E-state index is 0.183. The third-order valence-electron chi connectivity index (χ3n) is 3.30. The molecule has 1 N–H and O–H groups in total. The highest BCUT2D eigenvalue weighted by Gasteiger charge is 2.09. The molecule has 0 aliphatic heterocycles. The number of hydrogen-bond acceptors (Lipinski definition) is 3. The summed E-state index contributed by atoms with van der Waals surface area (Å²) in [7, 11) is 3.25. The van der Waals surface area contributed by atoms with Crippen molar-refractivity contribution in [1.29, 1.82) is 0 Å². The van der Waals surface area contributed by atoms with E-state index in [4.69, 9.17) is 11.6 Å². The number of hydrogen-bond donors (Lipinski definition) is 1. The molecule has 4 heteroatoms. The number of benzene rings is 2. The smallest absolute Gasteiger partial charge is 0.0497 e. The van der Waals surface area contributed by atoms with Crippen LogP contribution >= 0.6 is 22.9 Å². The van der Waals surface area contributed by atoms with Gasteiger partial charge < -0.3 is 9.84 Å². The first-order chi connectivity index (χ1) is 10.1. The van der Waals surface area contributed by atoms with Gasteiger partial charge in [-0.05, 0) is 29.8 Å². The van der Waals surface area contributed by atoms with E-state index in [2.05, 4.69) is 29.0 Å². The third kappa shape index (κ3) is 3.55. The topological polar surface area (TPSA) is 29.5 Å². The molecule has 0 amide bonds. The van der Waals surface area contributed by atoms with Gasteiger partial charge in [-0.1, -0.05) is 30.7 Å². The molecule has 3 rings (SSSR count). The van der Waals surface area contributed by atoms with Gasteiger partial charge in [0.25, 0.3) is 0 Å². The number of aliphatic hydroxyl groups excluding tert-OH is 1. The average Bonchev–Trinajstić information content (AvgIpc) is 2.84. The summed E-state index contributed by atoms with van der Waals surface area (Å²) in [4.78, 5) is 0. The standard InChI is InChI=1S/C15H13ClOS.C2H6O/c1-9(8-17)10-2-4-12-13-7-11(16)3-5-14(13)18-15(12)6-10;1-3-2/h2-7,9,17H,8H2,1H3;1-2H3. The molecule has 0 spiro atoms. The van der Waals surface area contributed by atoms with E-state index in [1.54, 1.807) is 25.6 Å². The van der Waals surface area contributed by atoms with Gasteiger partial charge >= 0.3 is 0 Å². The number of halogens is 1. The van der Waals surface area contributed by atoms with Crippen LogP contribution in [0.3, 0.4) is 0 Å². The van der Waals surface area contributed by atoms with Crippen molar-refractivity contribution < 1.29 is 9.84 Å². The SMILES string of the molecule is CC(CO)c1ccc2c(c1)sc1ccc(Cl)cc12.COC. The molecule has 1 unspecified atom stereocenters. The van der Waals surface area contributed by atoms with Gasteiger partial charge in [-0.25, -0.2) is 0 Å². The van der Waals surface area contributed by atoms with Crippen LogP contribution in [0.2, 0.25) is 5.02 Å². The molecule has 0 radical (unpaired) electrons. The van der Waals surface area contributed by atoms with Crippen molar-refractivity contribution in [3.05, 3.63) is 47.0 Å². The molecule has 0 saturated carbocycles. The van der Waals surface area contributed by atoms with Gasteiger partial charge in [0.15, 0.2) is 0 Å². The largest absolute Gasteiger partial charge is 0.396 e. The van der Waals surface area contributed by atoms with Crippen LogP contribution in [-0.4, -0.2) is 25.9 Å². The molecule has 0 aliphatic rings. The molecule has 0 bridgehead atoms. The Hall–Kier alpha value is -1.13. The maximum absolute atomic E-state index is 9.22. The Morgan fingerprint density at radius 2 is 1.81 bits per heavy atom. The molecule has 0 aliphatic carbocycles. The van der Waals surface area contributed by atoms with E-state index < -0.39 is 0 Å². The maximum atomic E-state index is 9.22. The lowest BCUT2D eigenvalue weighted by Crippen LogP contribution is -1.97. The summed E-state index contributed by atoms with van der Waals surface area (Å²) in [6, 6.07) is 12.4. The van der Waals surface area contributed by atoms with Crippen LogP contribution in [0, 0.1) is 0 Å². The number of methoxy groups -OCH3 is 1. The van der Waals surface area contributed by atoms with Crippen molar-refractivity contribution in [3.8, 4) is 0 Å². The molecular weight excluding hydrogens is 304 g/mol. The van der Waals surface area contributed by atoms with Crippen LogP contribution in [0.25, 0.3) is 20.2 Å². The third-order valence-corrected chi connectivity index (χ3v) is 4.67. The predicted molar refractivity (Wildman–Crippen MR) is 92.8 cm³/mol. The van der Waals surface area contributed by atoms with Crippen LogP contribution in [0.1, 0.15) is 18.4 Å². The van der Waals surface area contributed by atoms with E-state index in [0.29, 0.717) is 0 Å². The minimum absolute atomic E-state index is 0.183. The van der Waals surface area contributed by atoms with Crippen molar-refractivity contribution in [1.82, 2.24) is 0 Å². The van der Waals surface area contributed by atoms with Gasteiger partial charge in [0.05, 0.1) is 0 Å². The van der Waals surface area contributed by atoms with Gasteiger partial charge in [-0.3, -0.25) is 0 Å². The summed E-state index contributed by atoms with van der Waals surface area (Å²) in [6.45, 7) is 2.22. The highest BCUT2D eigenvalue weighted by atomic mass is 35.5. The normalized spacial score (nSPS) is 12.2. The first kappa shape index (κ1) is 16.2. The Kier molecular flexibility index (Phi) is 5.59. The van der Waals surface area contributed by atoms with Gasteiger partial charge in [-0.15, -0.1) is 11.3 Å². The molecule has 0 fully saturated rings. The highest BCUT2D eigenvalue weighted by Crippen LogP contribution is 2.36. The lowest BCUT2D eigenvalue weighted by molar-refractivity contribution is 0.273. The zero-order chi connectivity index (χ0) is 15.4. The van der Waals surface area contributed by atoms with Crippen molar-refractivity contribution in [2.75, 3.05) is 20.8 Å². The summed E-state index contributed by atoms with van der Waals surface area (Å²) < 4.78 is 6.76. The second-order valence-corrected chi connectivity index (χ2v) is 6.51. The number of aliphatic hydroxyl groups is 1. The Bertz CT molecular complexity index is 736. The Labute approximate surface area is 133 Å². The summed E-state index contributed by atoms with van der Waals surface area (Å²) in [5.74, 6) is 0.184. The van der Waals surface area contributed by atoms with E-state index in [1.807, 2.05) is 19.1 Å². The van der Waals surface area contributed by atoms with Crippen molar-refractivity contribution in [2.24, 2.45) is 0 Å². The summed E-state index contributed by atoms with van der Waals surface area (Å²) in [5.41, 5.74) is 1.18. The van der Waals surface area contributed by atoms with Crippen molar-refractivity contribution in [3.63, 3.8) is 0 Å². The molecule has 1 atom stereocenters. The highest BCUT2D eigenvalue weighted by molar-refractivity contribution is 7.25. The molecule has 112 valence electrons. The van der Waals surface area contributed by atoms with Gasteiger partial charge in [0.1, 0.15) is 0 Å². The van der Waals surface area contributed by atoms with Crippen LogP contribution in [0.5, 0.6) is 0 Å². The fourth-order valence-corrected chi connectivity index (χ4v) is 3.48. The molecule has 0 saturated heterocycles. The molecule has 1 heterocycles. The van der Waals surface area contributed by atoms with Crippen molar-refractivity contribution >= 4 is 43.1 Å². The Morgan fingerprint density at radius 3 is 2.48 bits per heavy atom. The molecule has 1 aromatic heterocycles. The van der Waals surface area contributed by atoms with Crippen molar-refractivity contribution in [2.45, 2.75) is 12.8 Å². The Morgan fingerprint density at radius 1 is 1.10 bits per heavy atom. The summed E-state index contributed by atoms with van der Waals surface area (Å²) in [5, 5.41) is 12.5. The minimum Gasteiger partial charge on any atom is -0.396 e. The zero-order valence-electron chi connectivity index (χ0n) is 12.4. The fourth-order valence-electron chi connectivity index (χ4n) is 2.18. The molecular formula is C17H19ClO2S. The van der Waals surface area contributed by atoms with E-state index in [-0.39, 0.29) is 12.5 Å². The van der Waals surface area contributed by atoms with Gasteiger partial charge in [0, 0.05) is 51.9 Å². The second-order valence-electron chi connectivity index (χ2n) is 4.99.